The molecule has 3 heterocycles. The third-order valence-corrected chi connectivity index (χ3v) is 4.40. The standard InChI is InChI=1S/C17H23N5/c1-10-11(2)21-13(4)22-17(10)20-9-16-12(3)19-8-14-7-18-6-5-15(14)16/h8,18H,5-7,9H2,1-4H3,(H,20,21,22). The van der Waals surface area contributed by atoms with Crippen LogP contribution in [0.2, 0.25) is 0 Å². The first-order valence-electron chi connectivity index (χ1n) is 7.79. The fourth-order valence-corrected chi connectivity index (χ4v) is 2.99. The molecule has 0 amide bonds. The van der Waals surface area contributed by atoms with Crippen LogP contribution in [0.4, 0.5) is 5.82 Å². The Morgan fingerprint density at radius 1 is 1.14 bits per heavy atom. The van der Waals surface area contributed by atoms with Gasteiger partial charge in [-0.1, -0.05) is 0 Å². The Morgan fingerprint density at radius 2 is 1.95 bits per heavy atom. The van der Waals surface area contributed by atoms with Gasteiger partial charge in [0.15, 0.2) is 0 Å². The smallest absolute Gasteiger partial charge is 0.133 e. The van der Waals surface area contributed by atoms with Crippen molar-refractivity contribution in [3.63, 3.8) is 0 Å². The van der Waals surface area contributed by atoms with Gasteiger partial charge in [-0.15, -0.1) is 0 Å². The number of rotatable bonds is 3. The van der Waals surface area contributed by atoms with Gasteiger partial charge in [-0.25, -0.2) is 9.97 Å². The minimum absolute atomic E-state index is 0.763. The van der Waals surface area contributed by atoms with Gasteiger partial charge in [0.25, 0.3) is 0 Å². The van der Waals surface area contributed by atoms with E-state index in [1.54, 1.807) is 0 Å². The fourth-order valence-electron chi connectivity index (χ4n) is 2.99. The maximum atomic E-state index is 4.55. The topological polar surface area (TPSA) is 62.7 Å². The second-order valence-electron chi connectivity index (χ2n) is 5.94. The van der Waals surface area contributed by atoms with Gasteiger partial charge >= 0.3 is 0 Å². The number of hydrogen-bond acceptors (Lipinski definition) is 5. The zero-order chi connectivity index (χ0) is 15.7. The average molecular weight is 297 g/mol. The van der Waals surface area contributed by atoms with E-state index >= 15 is 0 Å². The van der Waals surface area contributed by atoms with Gasteiger partial charge in [0.05, 0.1) is 0 Å². The highest BCUT2D eigenvalue weighted by Gasteiger charge is 2.16. The molecular weight excluding hydrogens is 274 g/mol. The molecule has 0 bridgehead atoms. The van der Waals surface area contributed by atoms with E-state index in [1.807, 2.05) is 20.0 Å². The molecule has 1 aliphatic rings. The Balaban J connectivity index is 1.89. The highest BCUT2D eigenvalue weighted by atomic mass is 15.0. The Morgan fingerprint density at radius 3 is 2.77 bits per heavy atom. The minimum Gasteiger partial charge on any atom is -0.366 e. The molecule has 0 aromatic carbocycles. The zero-order valence-electron chi connectivity index (χ0n) is 13.7. The van der Waals surface area contributed by atoms with Crippen LogP contribution in [0.3, 0.4) is 0 Å². The lowest BCUT2D eigenvalue weighted by Gasteiger charge is -2.22. The largest absolute Gasteiger partial charge is 0.366 e. The maximum Gasteiger partial charge on any atom is 0.133 e. The summed E-state index contributed by atoms with van der Waals surface area (Å²) in [6.45, 7) is 10.8. The van der Waals surface area contributed by atoms with Crippen molar-refractivity contribution in [2.24, 2.45) is 0 Å². The molecule has 116 valence electrons. The van der Waals surface area contributed by atoms with Crippen LogP contribution < -0.4 is 10.6 Å². The van der Waals surface area contributed by atoms with E-state index in [4.69, 9.17) is 0 Å². The number of fused-ring (bicyclic) bond motifs is 1. The summed E-state index contributed by atoms with van der Waals surface area (Å²) in [7, 11) is 0. The summed E-state index contributed by atoms with van der Waals surface area (Å²) in [5, 5.41) is 6.89. The summed E-state index contributed by atoms with van der Waals surface area (Å²) in [5.74, 6) is 1.73. The summed E-state index contributed by atoms with van der Waals surface area (Å²) in [6.07, 6.45) is 3.07. The Labute approximate surface area is 131 Å². The number of anilines is 1. The Kier molecular flexibility index (Phi) is 4.07. The molecule has 0 unspecified atom stereocenters. The van der Waals surface area contributed by atoms with Crippen molar-refractivity contribution in [2.75, 3.05) is 11.9 Å². The number of nitrogens with one attached hydrogen (secondary N) is 2. The van der Waals surface area contributed by atoms with Crippen molar-refractivity contribution < 1.29 is 0 Å². The second-order valence-corrected chi connectivity index (χ2v) is 5.94. The molecule has 2 N–H and O–H groups in total. The number of aryl methyl sites for hydroxylation is 3. The third kappa shape index (κ3) is 2.81. The predicted molar refractivity (Wildman–Crippen MR) is 88.0 cm³/mol. The van der Waals surface area contributed by atoms with Gasteiger partial charge < -0.3 is 10.6 Å². The molecule has 0 saturated heterocycles. The van der Waals surface area contributed by atoms with Crippen LogP contribution in [-0.2, 0) is 19.5 Å². The first-order valence-corrected chi connectivity index (χ1v) is 7.79. The summed E-state index contributed by atoms with van der Waals surface area (Å²) in [6, 6.07) is 0. The SMILES string of the molecule is Cc1nc(C)c(C)c(NCc2c(C)ncc3c2CCNC3)n1. The summed E-state index contributed by atoms with van der Waals surface area (Å²) in [5.41, 5.74) is 7.33. The third-order valence-electron chi connectivity index (χ3n) is 4.40. The highest BCUT2D eigenvalue weighted by Crippen LogP contribution is 2.22. The number of nitrogens with zero attached hydrogens (tertiary/aromatic N) is 3. The van der Waals surface area contributed by atoms with Crippen molar-refractivity contribution >= 4 is 5.82 Å². The van der Waals surface area contributed by atoms with E-state index in [0.717, 1.165) is 54.6 Å². The summed E-state index contributed by atoms with van der Waals surface area (Å²) < 4.78 is 0. The molecular formula is C17H23N5. The molecule has 1 aliphatic heterocycles. The van der Waals surface area contributed by atoms with Crippen molar-refractivity contribution in [3.8, 4) is 0 Å². The molecule has 3 rings (SSSR count). The van der Waals surface area contributed by atoms with Gasteiger partial charge in [0.2, 0.25) is 0 Å². The van der Waals surface area contributed by atoms with Gasteiger partial charge in [-0.3, -0.25) is 4.98 Å². The van der Waals surface area contributed by atoms with Crippen LogP contribution in [0, 0.1) is 27.7 Å². The molecule has 0 aliphatic carbocycles. The fraction of sp³-hybridized carbons (Fsp3) is 0.471. The molecule has 2 aromatic heterocycles. The lowest BCUT2D eigenvalue weighted by Crippen LogP contribution is -2.26. The number of pyridine rings is 1. The molecule has 0 radical (unpaired) electrons. The Bertz CT molecular complexity index is 709. The summed E-state index contributed by atoms with van der Waals surface area (Å²) in [4.78, 5) is 13.5. The number of aromatic nitrogens is 3. The highest BCUT2D eigenvalue weighted by molar-refractivity contribution is 5.47. The second kappa shape index (κ2) is 6.01. The van der Waals surface area contributed by atoms with E-state index in [1.165, 1.54) is 16.7 Å². The normalized spacial score (nSPS) is 13.8. The van der Waals surface area contributed by atoms with Gasteiger partial charge in [-0.2, -0.15) is 0 Å². The van der Waals surface area contributed by atoms with Crippen LogP contribution in [-0.4, -0.2) is 21.5 Å². The molecule has 2 aromatic rings. The molecule has 5 heteroatoms. The Hall–Kier alpha value is -2.01. The molecule has 0 spiro atoms. The van der Waals surface area contributed by atoms with Crippen LogP contribution in [0.15, 0.2) is 6.20 Å². The van der Waals surface area contributed by atoms with E-state index in [9.17, 15) is 0 Å². The van der Waals surface area contributed by atoms with Crippen molar-refractivity contribution in [3.05, 3.63) is 45.7 Å². The van der Waals surface area contributed by atoms with E-state index < -0.39 is 0 Å². The van der Waals surface area contributed by atoms with Crippen LogP contribution >= 0.6 is 0 Å². The van der Waals surface area contributed by atoms with Gasteiger partial charge in [0, 0.05) is 36.2 Å². The maximum absolute atomic E-state index is 4.55. The summed E-state index contributed by atoms with van der Waals surface area (Å²) >= 11 is 0. The number of hydrogen-bond donors (Lipinski definition) is 2. The predicted octanol–water partition coefficient (Wildman–Crippen LogP) is 2.36. The zero-order valence-corrected chi connectivity index (χ0v) is 13.7. The van der Waals surface area contributed by atoms with Crippen LogP contribution in [0.5, 0.6) is 0 Å². The lowest BCUT2D eigenvalue weighted by molar-refractivity contribution is 0.634. The van der Waals surface area contributed by atoms with Crippen molar-refractivity contribution in [1.82, 2.24) is 20.3 Å². The first kappa shape index (κ1) is 14.9. The molecule has 0 saturated carbocycles. The van der Waals surface area contributed by atoms with Crippen molar-refractivity contribution in [1.29, 1.82) is 0 Å². The lowest BCUT2D eigenvalue weighted by atomic mass is 9.96. The molecule has 22 heavy (non-hydrogen) atoms. The molecule has 0 fully saturated rings. The molecule has 0 atom stereocenters. The quantitative estimate of drug-likeness (QED) is 0.910. The van der Waals surface area contributed by atoms with Crippen LogP contribution in [0.25, 0.3) is 0 Å². The first-order chi connectivity index (χ1) is 10.6. The minimum atomic E-state index is 0.763. The van der Waals surface area contributed by atoms with Gasteiger partial charge in [0.1, 0.15) is 11.6 Å². The van der Waals surface area contributed by atoms with Crippen molar-refractivity contribution in [2.45, 2.75) is 47.2 Å². The van der Waals surface area contributed by atoms with E-state index in [2.05, 4.69) is 39.4 Å². The van der Waals surface area contributed by atoms with Crippen LogP contribution in [0.1, 0.15) is 39.5 Å². The van der Waals surface area contributed by atoms with E-state index in [-0.39, 0.29) is 0 Å². The van der Waals surface area contributed by atoms with E-state index in [0.29, 0.717) is 0 Å². The average Bonchev–Trinajstić information content (AvgIpc) is 2.50. The monoisotopic (exact) mass is 297 g/mol. The van der Waals surface area contributed by atoms with Gasteiger partial charge in [-0.05, 0) is 57.4 Å². The molecule has 5 nitrogen and oxygen atoms in total.